The van der Waals surface area contributed by atoms with E-state index in [1.54, 1.807) is 12.1 Å². The van der Waals surface area contributed by atoms with Crippen LogP contribution >= 0.6 is 11.3 Å². The topological polar surface area (TPSA) is 80.4 Å². The van der Waals surface area contributed by atoms with E-state index in [4.69, 9.17) is 5.11 Å². The van der Waals surface area contributed by atoms with Gasteiger partial charge in [0.1, 0.15) is 0 Å². The van der Waals surface area contributed by atoms with E-state index in [9.17, 15) is 14.9 Å². The molecule has 0 atom stereocenters. The predicted molar refractivity (Wildman–Crippen MR) is 59.8 cm³/mol. The second-order valence-corrected chi connectivity index (χ2v) is 4.43. The monoisotopic (exact) mass is 237 g/mol. The van der Waals surface area contributed by atoms with Crippen molar-refractivity contribution in [2.24, 2.45) is 0 Å². The molecule has 0 fully saturated rings. The highest BCUT2D eigenvalue weighted by molar-refractivity contribution is 7.19. The minimum atomic E-state index is -0.902. The van der Waals surface area contributed by atoms with Gasteiger partial charge < -0.3 is 5.11 Å². The van der Waals surface area contributed by atoms with Gasteiger partial charge in [-0.1, -0.05) is 0 Å². The maximum absolute atomic E-state index is 10.5. The molecule has 1 heterocycles. The maximum atomic E-state index is 10.5. The van der Waals surface area contributed by atoms with E-state index in [-0.39, 0.29) is 12.1 Å². The lowest BCUT2D eigenvalue weighted by molar-refractivity contribution is -0.384. The van der Waals surface area contributed by atoms with E-state index in [0.29, 0.717) is 4.88 Å². The Balaban J connectivity index is 2.45. The van der Waals surface area contributed by atoms with Crippen LogP contribution in [-0.2, 0) is 11.2 Å². The van der Waals surface area contributed by atoms with Crippen LogP contribution in [0.2, 0.25) is 0 Å². The minimum Gasteiger partial charge on any atom is -0.481 e. The average molecular weight is 237 g/mol. The number of non-ortho nitro benzene ring substituents is 1. The summed E-state index contributed by atoms with van der Waals surface area (Å²) in [5.74, 6) is -0.902. The molecule has 2 aromatic rings. The van der Waals surface area contributed by atoms with Crippen molar-refractivity contribution < 1.29 is 14.8 Å². The number of carboxylic acid groups (broad SMARTS) is 1. The number of hydrogen-bond acceptors (Lipinski definition) is 4. The van der Waals surface area contributed by atoms with Crippen molar-refractivity contribution in [3.63, 3.8) is 0 Å². The number of benzene rings is 1. The van der Waals surface area contributed by atoms with E-state index in [2.05, 4.69) is 0 Å². The average Bonchev–Trinajstić information content (AvgIpc) is 2.56. The van der Waals surface area contributed by atoms with Crippen LogP contribution in [0, 0.1) is 10.1 Å². The van der Waals surface area contributed by atoms with Gasteiger partial charge in [-0.05, 0) is 17.5 Å². The Hall–Kier alpha value is -1.95. The summed E-state index contributed by atoms with van der Waals surface area (Å²) in [4.78, 5) is 21.3. The molecule has 1 N–H and O–H groups in total. The van der Waals surface area contributed by atoms with Gasteiger partial charge in [-0.3, -0.25) is 14.9 Å². The van der Waals surface area contributed by atoms with E-state index < -0.39 is 10.9 Å². The van der Waals surface area contributed by atoms with E-state index in [0.717, 1.165) is 10.1 Å². The number of hydrogen-bond donors (Lipinski definition) is 1. The number of nitrogens with zero attached hydrogens (tertiary/aromatic N) is 1. The fraction of sp³-hybridized carbons (Fsp3) is 0.100. The molecule has 16 heavy (non-hydrogen) atoms. The highest BCUT2D eigenvalue weighted by Crippen LogP contribution is 2.29. The van der Waals surface area contributed by atoms with Gasteiger partial charge in [0.25, 0.3) is 5.69 Å². The molecule has 5 nitrogen and oxygen atoms in total. The smallest absolute Gasteiger partial charge is 0.308 e. The van der Waals surface area contributed by atoms with Crippen molar-refractivity contribution in [3.05, 3.63) is 39.3 Å². The molecule has 0 spiro atoms. The first-order valence-electron chi connectivity index (χ1n) is 4.45. The van der Waals surface area contributed by atoms with Gasteiger partial charge in [0.05, 0.1) is 11.3 Å². The third kappa shape index (κ3) is 2.01. The van der Waals surface area contributed by atoms with Gasteiger partial charge in [0, 0.05) is 21.7 Å². The number of nitro groups is 1. The molecule has 1 aromatic heterocycles. The van der Waals surface area contributed by atoms with Gasteiger partial charge >= 0.3 is 5.97 Å². The van der Waals surface area contributed by atoms with Gasteiger partial charge in [-0.2, -0.15) is 0 Å². The van der Waals surface area contributed by atoms with Crippen molar-refractivity contribution >= 4 is 33.1 Å². The van der Waals surface area contributed by atoms with Crippen LogP contribution in [0.5, 0.6) is 0 Å². The number of fused-ring (bicyclic) bond motifs is 1. The Morgan fingerprint density at radius 3 is 2.81 bits per heavy atom. The number of rotatable bonds is 3. The zero-order valence-corrected chi connectivity index (χ0v) is 8.86. The zero-order chi connectivity index (χ0) is 11.7. The Labute approximate surface area is 94.1 Å². The second-order valence-electron chi connectivity index (χ2n) is 3.26. The van der Waals surface area contributed by atoms with Gasteiger partial charge in [0.15, 0.2) is 0 Å². The minimum absolute atomic E-state index is 0.0205. The van der Waals surface area contributed by atoms with Crippen molar-refractivity contribution in [1.82, 2.24) is 0 Å². The molecule has 0 amide bonds. The summed E-state index contributed by atoms with van der Waals surface area (Å²) in [6.07, 6.45) is -0.0485. The molecule has 82 valence electrons. The maximum Gasteiger partial charge on any atom is 0.308 e. The number of carboxylic acids is 1. The van der Waals surface area contributed by atoms with E-state index in [1.165, 1.54) is 23.5 Å². The highest BCUT2D eigenvalue weighted by Gasteiger charge is 2.10. The fourth-order valence-corrected chi connectivity index (χ4v) is 2.47. The summed E-state index contributed by atoms with van der Waals surface area (Å²) in [7, 11) is 0. The van der Waals surface area contributed by atoms with E-state index in [1.807, 2.05) is 0 Å². The summed E-state index contributed by atoms with van der Waals surface area (Å²) < 4.78 is 0.863. The summed E-state index contributed by atoms with van der Waals surface area (Å²) in [5, 5.41) is 19.9. The standard InChI is InChI=1S/C10H7NO4S/c12-10(13)5-8-4-6-3-7(11(14)15)1-2-9(6)16-8/h1-4H,5H2,(H,12,13). The van der Waals surface area contributed by atoms with Crippen molar-refractivity contribution in [2.75, 3.05) is 0 Å². The molecule has 0 aliphatic rings. The predicted octanol–water partition coefficient (Wildman–Crippen LogP) is 2.44. The molecule has 2 rings (SSSR count). The molecule has 6 heteroatoms. The summed E-state index contributed by atoms with van der Waals surface area (Å²) >= 11 is 1.34. The Morgan fingerprint density at radius 2 is 2.19 bits per heavy atom. The van der Waals surface area contributed by atoms with Crippen LogP contribution in [0.3, 0.4) is 0 Å². The van der Waals surface area contributed by atoms with Gasteiger partial charge in [0.2, 0.25) is 0 Å². The second kappa shape index (κ2) is 3.90. The number of aliphatic carboxylic acids is 1. The first kappa shape index (κ1) is 10.6. The Kier molecular flexibility index (Phi) is 2.57. The lowest BCUT2D eigenvalue weighted by atomic mass is 10.2. The Morgan fingerprint density at radius 1 is 1.44 bits per heavy atom. The molecule has 1 aromatic carbocycles. The highest BCUT2D eigenvalue weighted by atomic mass is 32.1. The first-order chi connectivity index (χ1) is 7.56. The van der Waals surface area contributed by atoms with Crippen LogP contribution < -0.4 is 0 Å². The van der Waals surface area contributed by atoms with Gasteiger partial charge in [-0.15, -0.1) is 11.3 Å². The zero-order valence-electron chi connectivity index (χ0n) is 8.04. The normalized spacial score (nSPS) is 10.5. The number of thiophene rings is 1. The van der Waals surface area contributed by atoms with Crippen LogP contribution in [0.4, 0.5) is 5.69 Å². The number of nitro benzene ring substituents is 1. The largest absolute Gasteiger partial charge is 0.481 e. The molecule has 0 aliphatic heterocycles. The lowest BCUT2D eigenvalue weighted by Crippen LogP contribution is -1.96. The van der Waals surface area contributed by atoms with Crippen molar-refractivity contribution in [3.8, 4) is 0 Å². The molecular weight excluding hydrogens is 230 g/mol. The molecular formula is C10H7NO4S. The van der Waals surface area contributed by atoms with Gasteiger partial charge in [-0.25, -0.2) is 0 Å². The quantitative estimate of drug-likeness (QED) is 0.656. The third-order valence-electron chi connectivity index (χ3n) is 2.09. The lowest BCUT2D eigenvalue weighted by Gasteiger charge is -1.90. The SMILES string of the molecule is O=C(O)Cc1cc2cc([N+](=O)[O-])ccc2s1. The van der Waals surface area contributed by atoms with Crippen LogP contribution in [-0.4, -0.2) is 16.0 Å². The van der Waals surface area contributed by atoms with E-state index >= 15 is 0 Å². The summed E-state index contributed by atoms with van der Waals surface area (Å²) in [6.45, 7) is 0. The third-order valence-corrected chi connectivity index (χ3v) is 3.20. The first-order valence-corrected chi connectivity index (χ1v) is 5.26. The molecule has 0 radical (unpaired) electrons. The molecule has 0 saturated heterocycles. The van der Waals surface area contributed by atoms with Crippen molar-refractivity contribution in [1.29, 1.82) is 0 Å². The molecule has 0 bridgehead atoms. The van der Waals surface area contributed by atoms with Crippen LogP contribution in [0.25, 0.3) is 10.1 Å². The summed E-state index contributed by atoms with van der Waals surface area (Å²) in [5.41, 5.74) is 0.0205. The fourth-order valence-electron chi connectivity index (χ4n) is 1.44. The molecule has 0 unspecified atom stereocenters. The molecule has 0 saturated carbocycles. The van der Waals surface area contributed by atoms with Crippen molar-refractivity contribution in [2.45, 2.75) is 6.42 Å². The number of carbonyl (C=O) groups is 1. The molecule has 0 aliphatic carbocycles. The van der Waals surface area contributed by atoms with Crippen LogP contribution in [0.15, 0.2) is 24.3 Å². The van der Waals surface area contributed by atoms with Crippen LogP contribution in [0.1, 0.15) is 4.88 Å². The summed E-state index contributed by atoms with van der Waals surface area (Å²) in [6, 6.07) is 6.20. The Bertz CT molecular complexity index is 575.